The molecule has 1 atom stereocenters. The second kappa shape index (κ2) is 7.98. The van der Waals surface area contributed by atoms with E-state index in [1.807, 2.05) is 19.0 Å². The van der Waals surface area contributed by atoms with E-state index in [0.29, 0.717) is 18.0 Å². The van der Waals surface area contributed by atoms with Crippen LogP contribution in [-0.4, -0.2) is 62.3 Å². The van der Waals surface area contributed by atoms with Gasteiger partial charge in [-0.05, 0) is 38.4 Å². The first kappa shape index (κ1) is 18.0. The van der Waals surface area contributed by atoms with E-state index < -0.39 is 17.7 Å². The molecule has 1 aliphatic rings. The molecule has 1 N–H and O–H groups in total. The van der Waals surface area contributed by atoms with Crippen molar-refractivity contribution in [2.45, 2.75) is 0 Å². The van der Waals surface area contributed by atoms with E-state index >= 15 is 0 Å². The molecule has 2 rings (SSSR count). The first-order valence-electron chi connectivity index (χ1n) is 7.41. The van der Waals surface area contributed by atoms with Crippen LogP contribution >= 0.6 is 12.2 Å². The number of carbonyl (C=O) groups is 2. The number of likely N-dealkylation sites (N-methyl/N-ethyl adjacent to an activating group) is 1. The van der Waals surface area contributed by atoms with Gasteiger partial charge in [-0.2, -0.15) is 0 Å². The number of nitrogens with zero attached hydrogens (tertiary/aromatic N) is 3. The summed E-state index contributed by atoms with van der Waals surface area (Å²) < 4.78 is 5.17. The van der Waals surface area contributed by atoms with Gasteiger partial charge in [-0.15, -0.1) is 0 Å². The fourth-order valence-corrected chi connectivity index (χ4v) is 2.45. The lowest BCUT2D eigenvalue weighted by molar-refractivity contribution is -0.130. The molecular formula is C16H20N4O3S. The second-order valence-electron chi connectivity index (χ2n) is 5.51. The van der Waals surface area contributed by atoms with Gasteiger partial charge in [0.25, 0.3) is 5.91 Å². The smallest absolute Gasteiger partial charge is 0.251 e. The molecule has 2 amide bonds. The number of carbonyl (C=O) groups excluding carboxylic acids is 2. The number of anilines is 1. The van der Waals surface area contributed by atoms with E-state index in [0.717, 1.165) is 6.54 Å². The molecule has 0 saturated carbocycles. The minimum Gasteiger partial charge on any atom is -0.497 e. The summed E-state index contributed by atoms with van der Waals surface area (Å²) in [4.78, 5) is 32.2. The number of nitrogens with one attached hydrogen (secondary N) is 1. The Balaban J connectivity index is 2.21. The molecule has 0 aliphatic carbocycles. The first-order valence-corrected chi connectivity index (χ1v) is 7.82. The van der Waals surface area contributed by atoms with Gasteiger partial charge in [0.05, 0.1) is 19.3 Å². The van der Waals surface area contributed by atoms with Gasteiger partial charge in [-0.3, -0.25) is 19.5 Å². The molecule has 1 aliphatic heterocycles. The van der Waals surface area contributed by atoms with Crippen LogP contribution in [0.4, 0.5) is 5.69 Å². The van der Waals surface area contributed by atoms with Crippen molar-refractivity contribution in [3.05, 3.63) is 24.3 Å². The Hall–Kier alpha value is -2.32. The number of thiocarbonyl (C=S) groups is 1. The lowest BCUT2D eigenvalue weighted by Gasteiger charge is -2.31. The van der Waals surface area contributed by atoms with Crippen LogP contribution < -0.4 is 15.0 Å². The lowest BCUT2D eigenvalue weighted by Crippen LogP contribution is -2.58. The number of hydrogen-bond acceptors (Lipinski definition) is 6. The highest BCUT2D eigenvalue weighted by atomic mass is 32.1. The van der Waals surface area contributed by atoms with Gasteiger partial charge >= 0.3 is 0 Å². The largest absolute Gasteiger partial charge is 0.497 e. The number of amides is 2. The van der Waals surface area contributed by atoms with Crippen molar-refractivity contribution in [2.75, 3.05) is 39.2 Å². The molecule has 0 aromatic heterocycles. The first-order chi connectivity index (χ1) is 11.4. The molecular weight excluding hydrogens is 328 g/mol. The highest BCUT2D eigenvalue weighted by Crippen LogP contribution is 2.24. The maximum Gasteiger partial charge on any atom is 0.251 e. The highest BCUT2D eigenvalue weighted by Gasteiger charge is 2.38. The van der Waals surface area contributed by atoms with Gasteiger partial charge in [0.15, 0.2) is 11.0 Å². The third-order valence-electron chi connectivity index (χ3n) is 3.44. The average Bonchev–Trinajstić information content (AvgIpc) is 2.53. The molecule has 0 radical (unpaired) electrons. The Labute approximate surface area is 146 Å². The van der Waals surface area contributed by atoms with Crippen LogP contribution in [0.15, 0.2) is 29.3 Å². The number of rotatable bonds is 6. The molecule has 8 heteroatoms. The second-order valence-corrected chi connectivity index (χ2v) is 5.89. The van der Waals surface area contributed by atoms with Crippen LogP contribution in [0.3, 0.4) is 0 Å². The molecule has 1 aromatic carbocycles. The van der Waals surface area contributed by atoms with Crippen molar-refractivity contribution >= 4 is 41.0 Å². The van der Waals surface area contributed by atoms with E-state index in [1.54, 1.807) is 24.3 Å². The van der Waals surface area contributed by atoms with Crippen molar-refractivity contribution in [2.24, 2.45) is 10.9 Å². The quantitative estimate of drug-likeness (QED) is 0.465. The predicted octanol–water partition coefficient (Wildman–Crippen LogP) is 0.691. The highest BCUT2D eigenvalue weighted by molar-refractivity contribution is 7.80. The topological polar surface area (TPSA) is 74.2 Å². The van der Waals surface area contributed by atoms with Gasteiger partial charge in [0.1, 0.15) is 5.75 Å². The maximum atomic E-state index is 12.7. The fourth-order valence-electron chi connectivity index (χ4n) is 2.15. The van der Waals surface area contributed by atoms with Crippen molar-refractivity contribution < 1.29 is 14.3 Å². The third-order valence-corrected chi connectivity index (χ3v) is 3.73. The molecule has 1 fully saturated rings. The van der Waals surface area contributed by atoms with E-state index in [1.165, 1.54) is 18.2 Å². The van der Waals surface area contributed by atoms with Gasteiger partial charge in [-0.25, -0.2) is 0 Å². The zero-order valence-corrected chi connectivity index (χ0v) is 14.7. The predicted molar refractivity (Wildman–Crippen MR) is 96.6 cm³/mol. The number of benzene rings is 1. The van der Waals surface area contributed by atoms with Crippen molar-refractivity contribution in [3.8, 4) is 5.75 Å². The Morgan fingerprint density at radius 1 is 1.42 bits per heavy atom. The SMILES string of the molecule is COc1cccc(N2C(=O)C(C=NCCN(C)C)C(=O)NC2=S)c1. The van der Waals surface area contributed by atoms with Gasteiger partial charge < -0.3 is 15.0 Å². The van der Waals surface area contributed by atoms with Crippen molar-refractivity contribution in [3.63, 3.8) is 0 Å². The molecule has 1 heterocycles. The summed E-state index contributed by atoms with van der Waals surface area (Å²) in [5, 5.41) is 2.60. The van der Waals surface area contributed by atoms with Gasteiger partial charge in [0, 0.05) is 18.8 Å². The molecule has 128 valence electrons. The standard InChI is InChI=1S/C16H20N4O3S/c1-19(2)8-7-17-10-13-14(21)18-16(24)20(15(13)22)11-5-4-6-12(9-11)23-3/h4-6,9-10,13H,7-8H2,1-3H3,(H,18,21,24). The van der Waals surface area contributed by atoms with Crippen LogP contribution in [0.2, 0.25) is 0 Å². The van der Waals surface area contributed by atoms with Crippen molar-refractivity contribution in [1.29, 1.82) is 0 Å². The molecule has 1 unspecified atom stereocenters. The van der Waals surface area contributed by atoms with Crippen LogP contribution in [-0.2, 0) is 9.59 Å². The van der Waals surface area contributed by atoms with E-state index in [2.05, 4.69) is 10.3 Å². The monoisotopic (exact) mass is 348 g/mol. The molecule has 24 heavy (non-hydrogen) atoms. The summed E-state index contributed by atoms with van der Waals surface area (Å²) in [6, 6.07) is 6.92. The summed E-state index contributed by atoms with van der Waals surface area (Å²) in [6.07, 6.45) is 1.39. The van der Waals surface area contributed by atoms with E-state index in [4.69, 9.17) is 17.0 Å². The summed E-state index contributed by atoms with van der Waals surface area (Å²) in [5.74, 6) is -1.29. The Morgan fingerprint density at radius 2 is 2.17 bits per heavy atom. The fraction of sp³-hybridized carbons (Fsp3) is 0.375. The zero-order chi connectivity index (χ0) is 17.7. The Kier molecular flexibility index (Phi) is 5.99. The summed E-state index contributed by atoms with van der Waals surface area (Å²) in [5.41, 5.74) is 0.538. The normalized spacial score (nSPS) is 18.4. The number of ether oxygens (including phenoxy) is 1. The third kappa shape index (κ3) is 4.15. The van der Waals surface area contributed by atoms with Crippen LogP contribution in [0.5, 0.6) is 5.75 Å². The van der Waals surface area contributed by atoms with Crippen molar-refractivity contribution in [1.82, 2.24) is 10.2 Å². The van der Waals surface area contributed by atoms with Crippen LogP contribution in [0.25, 0.3) is 0 Å². The lowest BCUT2D eigenvalue weighted by atomic mass is 10.1. The molecule has 7 nitrogen and oxygen atoms in total. The summed E-state index contributed by atoms with van der Waals surface area (Å²) in [6.45, 7) is 1.24. The molecule has 0 bridgehead atoms. The van der Waals surface area contributed by atoms with Crippen LogP contribution in [0.1, 0.15) is 0 Å². The number of hydrogen-bond donors (Lipinski definition) is 1. The van der Waals surface area contributed by atoms with Gasteiger partial charge in [-0.1, -0.05) is 6.07 Å². The van der Waals surface area contributed by atoms with Gasteiger partial charge in [0.2, 0.25) is 5.91 Å². The molecule has 0 spiro atoms. The van der Waals surface area contributed by atoms with E-state index in [9.17, 15) is 9.59 Å². The zero-order valence-electron chi connectivity index (χ0n) is 13.9. The Morgan fingerprint density at radius 3 is 2.83 bits per heavy atom. The summed E-state index contributed by atoms with van der Waals surface area (Å²) >= 11 is 5.15. The molecule has 1 aromatic rings. The maximum absolute atomic E-state index is 12.7. The number of aliphatic imine (C=N–C) groups is 1. The molecule has 1 saturated heterocycles. The van der Waals surface area contributed by atoms with Crippen LogP contribution in [0, 0.1) is 5.92 Å². The average molecular weight is 348 g/mol. The minimum atomic E-state index is -0.995. The minimum absolute atomic E-state index is 0.0520. The number of methoxy groups -OCH3 is 1. The summed E-state index contributed by atoms with van der Waals surface area (Å²) in [7, 11) is 5.39. The van der Waals surface area contributed by atoms with E-state index in [-0.39, 0.29) is 5.11 Å². The Bertz CT molecular complexity index is 675.